The average Bonchev–Trinajstić information content (AvgIpc) is 2.76. The fourth-order valence-electron chi connectivity index (χ4n) is 2.84. The average molecular weight is 465 g/mol. The molecule has 0 fully saturated rings. The number of carbonyl (C=O) groups excluding carboxylic acids is 1. The molecule has 0 spiro atoms. The Labute approximate surface area is 179 Å². The van der Waals surface area contributed by atoms with E-state index >= 15 is 0 Å². The van der Waals surface area contributed by atoms with Gasteiger partial charge >= 0.3 is 5.97 Å². The molecule has 0 amide bonds. The summed E-state index contributed by atoms with van der Waals surface area (Å²) >= 11 is 3.35. The molecule has 0 saturated heterocycles. The minimum atomic E-state index is -0.750. The van der Waals surface area contributed by atoms with Crippen LogP contribution in [-0.4, -0.2) is 15.7 Å². The van der Waals surface area contributed by atoms with E-state index in [-0.39, 0.29) is 5.82 Å². The van der Waals surface area contributed by atoms with Crippen LogP contribution >= 0.6 is 15.9 Å². The minimum absolute atomic E-state index is 0.101. The molecule has 30 heavy (non-hydrogen) atoms. The smallest absolute Gasteiger partial charge is 0.327 e. The number of hydrogen-bond donors (Lipinski definition) is 0. The molecular formula is C23H14BrFN2O3. The Balaban J connectivity index is 1.74. The van der Waals surface area contributed by atoms with Gasteiger partial charge in [0.05, 0.1) is 10.9 Å². The number of fused-ring (bicyclic) bond motifs is 1. The number of aromatic nitrogens is 2. The quantitative estimate of drug-likeness (QED) is 0.413. The first kappa shape index (κ1) is 19.7. The normalized spacial score (nSPS) is 11.1. The van der Waals surface area contributed by atoms with Crippen LogP contribution in [0, 0.1) is 5.82 Å². The lowest BCUT2D eigenvalue weighted by atomic mass is 10.2. The third-order valence-corrected chi connectivity index (χ3v) is 4.83. The van der Waals surface area contributed by atoms with Crippen LogP contribution < -0.4 is 10.4 Å². The molecule has 0 radical (unpaired) electrons. The highest BCUT2D eigenvalue weighted by molar-refractivity contribution is 9.10. The Morgan fingerprint density at radius 2 is 1.70 bits per heavy atom. The lowest BCUT2D eigenvalue weighted by Crippen LogP contribution is -2.32. The molecule has 1 aromatic heterocycles. The van der Waals surface area contributed by atoms with Crippen molar-refractivity contribution >= 4 is 38.9 Å². The standard InChI is InChI=1S/C23H14BrFN2O3/c24-17-10-5-15(6-11-17)7-14-21(28)30-27-22(16-8-12-18(25)13-9-16)26-20-4-2-1-3-19(20)23(27)29/h1-14H. The molecule has 0 aliphatic heterocycles. The molecule has 5 nitrogen and oxygen atoms in total. The Morgan fingerprint density at radius 3 is 2.43 bits per heavy atom. The maximum absolute atomic E-state index is 13.3. The fourth-order valence-corrected chi connectivity index (χ4v) is 3.11. The molecule has 4 rings (SSSR count). The lowest BCUT2D eigenvalue weighted by Gasteiger charge is -2.12. The second-order valence-electron chi connectivity index (χ2n) is 6.35. The molecular weight excluding hydrogens is 451 g/mol. The van der Waals surface area contributed by atoms with Gasteiger partial charge in [0.2, 0.25) is 0 Å². The number of carbonyl (C=O) groups is 1. The van der Waals surface area contributed by atoms with Gasteiger partial charge in [0, 0.05) is 16.1 Å². The SMILES string of the molecule is O=C(C=Cc1ccc(Br)cc1)On1c(-c2ccc(F)cc2)nc2ccccc2c1=O. The molecule has 0 aliphatic carbocycles. The Hall–Kier alpha value is -3.58. The summed E-state index contributed by atoms with van der Waals surface area (Å²) in [6.07, 6.45) is 2.80. The van der Waals surface area contributed by atoms with Crippen LogP contribution in [0.1, 0.15) is 5.56 Å². The van der Waals surface area contributed by atoms with E-state index < -0.39 is 17.3 Å². The van der Waals surface area contributed by atoms with Crippen molar-refractivity contribution in [3.63, 3.8) is 0 Å². The van der Waals surface area contributed by atoms with E-state index in [1.54, 1.807) is 30.3 Å². The number of benzene rings is 3. The van der Waals surface area contributed by atoms with Gasteiger partial charge in [-0.25, -0.2) is 14.2 Å². The summed E-state index contributed by atoms with van der Waals surface area (Å²) in [4.78, 5) is 35.2. The third-order valence-electron chi connectivity index (χ3n) is 4.30. The van der Waals surface area contributed by atoms with Crippen LogP contribution in [0.25, 0.3) is 28.4 Å². The Bertz CT molecular complexity index is 1310. The van der Waals surface area contributed by atoms with E-state index in [0.717, 1.165) is 14.8 Å². The highest BCUT2D eigenvalue weighted by Crippen LogP contribution is 2.19. The Morgan fingerprint density at radius 1 is 1.00 bits per heavy atom. The lowest BCUT2D eigenvalue weighted by molar-refractivity contribution is -0.138. The first-order chi connectivity index (χ1) is 14.5. The first-order valence-corrected chi connectivity index (χ1v) is 9.74. The summed E-state index contributed by atoms with van der Waals surface area (Å²) in [5, 5.41) is 0.299. The molecule has 0 unspecified atom stereocenters. The van der Waals surface area contributed by atoms with Crippen LogP contribution in [0.2, 0.25) is 0 Å². The van der Waals surface area contributed by atoms with Crippen LogP contribution in [0.15, 0.2) is 88.1 Å². The van der Waals surface area contributed by atoms with E-state index in [1.165, 1.54) is 30.3 Å². The predicted molar refractivity (Wildman–Crippen MR) is 116 cm³/mol. The number of para-hydroxylation sites is 1. The predicted octanol–water partition coefficient (Wildman–Crippen LogP) is 4.63. The highest BCUT2D eigenvalue weighted by atomic mass is 79.9. The molecule has 1 heterocycles. The number of hydrogen-bond acceptors (Lipinski definition) is 4. The van der Waals surface area contributed by atoms with Crippen molar-refractivity contribution < 1.29 is 14.0 Å². The second kappa shape index (κ2) is 8.42. The van der Waals surface area contributed by atoms with Crippen LogP contribution in [0.3, 0.4) is 0 Å². The van der Waals surface area contributed by atoms with Crippen molar-refractivity contribution in [3.05, 3.63) is 105 Å². The maximum atomic E-state index is 13.3. The summed E-state index contributed by atoms with van der Waals surface area (Å²) < 4.78 is 15.1. The largest absolute Gasteiger partial charge is 0.356 e. The third kappa shape index (κ3) is 4.21. The Kier molecular flexibility index (Phi) is 5.54. The molecule has 4 aromatic rings. The van der Waals surface area contributed by atoms with Gasteiger partial charge in [0.15, 0.2) is 5.82 Å². The van der Waals surface area contributed by atoms with Gasteiger partial charge in [-0.05, 0) is 60.2 Å². The topological polar surface area (TPSA) is 61.2 Å². The van der Waals surface area contributed by atoms with Crippen molar-refractivity contribution in [3.8, 4) is 11.4 Å². The summed E-state index contributed by atoms with van der Waals surface area (Å²) in [5.41, 5.74) is 1.13. The summed E-state index contributed by atoms with van der Waals surface area (Å²) in [6, 6.07) is 19.5. The molecule has 0 aliphatic rings. The van der Waals surface area contributed by atoms with E-state index in [9.17, 15) is 14.0 Å². The molecule has 148 valence electrons. The van der Waals surface area contributed by atoms with Gasteiger partial charge in [-0.2, -0.15) is 0 Å². The van der Waals surface area contributed by atoms with Gasteiger partial charge < -0.3 is 4.84 Å². The molecule has 3 aromatic carbocycles. The summed E-state index contributed by atoms with van der Waals surface area (Å²) in [6.45, 7) is 0. The maximum Gasteiger partial charge on any atom is 0.356 e. The van der Waals surface area contributed by atoms with Gasteiger partial charge in [0.25, 0.3) is 5.56 Å². The zero-order valence-corrected chi connectivity index (χ0v) is 17.0. The second-order valence-corrected chi connectivity index (χ2v) is 7.27. The molecule has 7 heteroatoms. The van der Waals surface area contributed by atoms with Gasteiger partial charge in [-0.1, -0.05) is 40.2 Å². The van der Waals surface area contributed by atoms with Crippen molar-refractivity contribution in [1.82, 2.24) is 9.71 Å². The summed E-state index contributed by atoms with van der Waals surface area (Å²) in [7, 11) is 0. The van der Waals surface area contributed by atoms with Gasteiger partial charge in [-0.3, -0.25) is 4.79 Å². The molecule has 0 saturated carbocycles. The van der Waals surface area contributed by atoms with E-state index in [4.69, 9.17) is 4.84 Å². The monoisotopic (exact) mass is 464 g/mol. The van der Waals surface area contributed by atoms with Crippen molar-refractivity contribution in [1.29, 1.82) is 0 Å². The number of halogens is 2. The summed E-state index contributed by atoms with van der Waals surface area (Å²) in [5.74, 6) is -1.08. The minimum Gasteiger partial charge on any atom is -0.327 e. The molecule has 0 bridgehead atoms. The number of rotatable bonds is 4. The zero-order chi connectivity index (χ0) is 21.1. The van der Waals surface area contributed by atoms with Crippen molar-refractivity contribution in [2.24, 2.45) is 0 Å². The molecule has 0 atom stereocenters. The van der Waals surface area contributed by atoms with Crippen molar-refractivity contribution in [2.75, 3.05) is 0 Å². The van der Waals surface area contributed by atoms with Crippen molar-refractivity contribution in [2.45, 2.75) is 0 Å². The van der Waals surface area contributed by atoms with Gasteiger partial charge in [-0.15, -0.1) is 4.73 Å². The van der Waals surface area contributed by atoms with E-state index in [1.807, 2.05) is 24.3 Å². The van der Waals surface area contributed by atoms with Crippen LogP contribution in [0.5, 0.6) is 0 Å². The van der Waals surface area contributed by atoms with E-state index in [0.29, 0.717) is 16.5 Å². The highest BCUT2D eigenvalue weighted by Gasteiger charge is 2.16. The van der Waals surface area contributed by atoms with Gasteiger partial charge in [0.1, 0.15) is 5.82 Å². The van der Waals surface area contributed by atoms with Crippen LogP contribution in [-0.2, 0) is 4.79 Å². The fraction of sp³-hybridized carbons (Fsp3) is 0. The number of nitrogens with zero attached hydrogens (tertiary/aromatic N) is 2. The van der Waals surface area contributed by atoms with Crippen LogP contribution in [0.4, 0.5) is 4.39 Å². The van der Waals surface area contributed by atoms with E-state index in [2.05, 4.69) is 20.9 Å². The molecule has 0 N–H and O–H groups in total. The first-order valence-electron chi connectivity index (χ1n) is 8.95. The zero-order valence-electron chi connectivity index (χ0n) is 15.5.